The van der Waals surface area contributed by atoms with Gasteiger partial charge in [-0.1, -0.05) is 29.8 Å². The molecule has 0 saturated heterocycles. The summed E-state index contributed by atoms with van der Waals surface area (Å²) in [6.07, 6.45) is 0. The Balaban J connectivity index is 2.34. The van der Waals surface area contributed by atoms with E-state index in [0.717, 1.165) is 4.47 Å². The van der Waals surface area contributed by atoms with Crippen molar-refractivity contribution in [1.82, 2.24) is 0 Å². The van der Waals surface area contributed by atoms with Crippen molar-refractivity contribution in [2.45, 2.75) is 19.8 Å². The van der Waals surface area contributed by atoms with Crippen molar-refractivity contribution in [3.8, 4) is 0 Å². The first-order valence-corrected chi connectivity index (χ1v) is 6.63. The molecule has 0 aromatic heterocycles. The molecular weight excluding hydrogens is 313 g/mol. The van der Waals surface area contributed by atoms with E-state index < -0.39 is 11.8 Å². The van der Waals surface area contributed by atoms with Gasteiger partial charge in [0.1, 0.15) is 5.82 Å². The molecule has 1 amide bonds. The van der Waals surface area contributed by atoms with E-state index in [1.54, 1.807) is 12.1 Å². The van der Waals surface area contributed by atoms with Crippen molar-refractivity contribution in [2.24, 2.45) is 27.8 Å². The molecule has 0 bridgehead atoms. The average molecular weight is 328 g/mol. The number of amides is 1. The van der Waals surface area contributed by atoms with Crippen LogP contribution >= 0.6 is 15.9 Å². The molecule has 2 rings (SSSR count). The Kier molecular flexibility index (Phi) is 3.38. The van der Waals surface area contributed by atoms with Crippen LogP contribution in [-0.2, 0) is 4.79 Å². The van der Waals surface area contributed by atoms with Crippen LogP contribution in [-0.4, -0.2) is 11.9 Å². The number of halogens is 2. The van der Waals surface area contributed by atoms with Crippen molar-refractivity contribution in [1.29, 1.82) is 0 Å². The van der Waals surface area contributed by atoms with Crippen LogP contribution < -0.4 is 11.5 Å². The summed E-state index contributed by atoms with van der Waals surface area (Å²) in [4.78, 5) is 15.5. The molecular formula is C13H15BrFN3O. The average Bonchev–Trinajstić information content (AvgIpc) is 2.84. The highest BCUT2D eigenvalue weighted by Crippen LogP contribution is 2.65. The predicted octanol–water partition coefficient (Wildman–Crippen LogP) is 2.13. The van der Waals surface area contributed by atoms with Gasteiger partial charge in [0.25, 0.3) is 5.91 Å². The van der Waals surface area contributed by atoms with Crippen LogP contribution in [0, 0.1) is 17.2 Å². The molecule has 0 radical (unpaired) electrons. The van der Waals surface area contributed by atoms with Crippen LogP contribution in [0.4, 0.5) is 4.39 Å². The van der Waals surface area contributed by atoms with Gasteiger partial charge in [0.15, 0.2) is 5.96 Å². The topological polar surface area (TPSA) is 81.5 Å². The zero-order valence-corrected chi connectivity index (χ0v) is 12.2. The molecule has 1 aromatic carbocycles. The number of guanidine groups is 1. The van der Waals surface area contributed by atoms with Crippen molar-refractivity contribution in [2.75, 3.05) is 0 Å². The molecule has 4 N–H and O–H groups in total. The number of benzene rings is 1. The first-order chi connectivity index (χ1) is 8.75. The molecule has 102 valence electrons. The van der Waals surface area contributed by atoms with Crippen molar-refractivity contribution in [3.05, 3.63) is 34.1 Å². The maximum Gasteiger partial charge on any atom is 0.253 e. The monoisotopic (exact) mass is 327 g/mol. The maximum absolute atomic E-state index is 13.9. The number of hydrogen-bond acceptors (Lipinski definition) is 1. The highest BCUT2D eigenvalue weighted by molar-refractivity contribution is 9.10. The van der Waals surface area contributed by atoms with Gasteiger partial charge < -0.3 is 11.5 Å². The second kappa shape index (κ2) is 4.59. The van der Waals surface area contributed by atoms with E-state index in [2.05, 4.69) is 20.9 Å². The van der Waals surface area contributed by atoms with Crippen molar-refractivity contribution >= 4 is 27.8 Å². The second-order valence-corrected chi connectivity index (χ2v) is 6.23. The minimum absolute atomic E-state index is 0.208. The predicted molar refractivity (Wildman–Crippen MR) is 74.9 cm³/mol. The number of carbonyl (C=O) groups is 1. The summed E-state index contributed by atoms with van der Waals surface area (Å²) in [6, 6.07) is 4.71. The molecule has 1 aliphatic rings. The van der Waals surface area contributed by atoms with Gasteiger partial charge >= 0.3 is 0 Å². The molecule has 1 saturated carbocycles. The quantitative estimate of drug-likeness (QED) is 0.644. The van der Waals surface area contributed by atoms with Crippen LogP contribution in [0.5, 0.6) is 0 Å². The van der Waals surface area contributed by atoms with E-state index in [1.165, 1.54) is 6.07 Å². The Morgan fingerprint density at radius 2 is 2.05 bits per heavy atom. The minimum atomic E-state index is -0.394. The third-order valence-electron chi connectivity index (χ3n) is 3.63. The highest BCUT2D eigenvalue weighted by Gasteiger charge is 2.63. The molecule has 0 aliphatic heterocycles. The van der Waals surface area contributed by atoms with Crippen molar-refractivity contribution in [3.63, 3.8) is 0 Å². The van der Waals surface area contributed by atoms with Gasteiger partial charge in [-0.3, -0.25) is 4.79 Å². The fourth-order valence-corrected chi connectivity index (χ4v) is 3.01. The first kappa shape index (κ1) is 14.0. The van der Waals surface area contributed by atoms with Crippen LogP contribution in [0.25, 0.3) is 0 Å². The molecule has 2 atom stereocenters. The number of nitrogens with zero attached hydrogens (tertiary/aromatic N) is 1. The summed E-state index contributed by atoms with van der Waals surface area (Å²) in [5, 5.41) is 0. The number of aliphatic imine (C=N–C) groups is 1. The molecule has 1 aromatic rings. The summed E-state index contributed by atoms with van der Waals surface area (Å²) < 4.78 is 14.7. The molecule has 4 nitrogen and oxygen atoms in total. The van der Waals surface area contributed by atoms with Gasteiger partial charge in [-0.2, -0.15) is 4.99 Å². The lowest BCUT2D eigenvalue weighted by atomic mass is 10.0. The fraction of sp³-hybridized carbons (Fsp3) is 0.385. The second-order valence-electron chi connectivity index (χ2n) is 5.32. The Morgan fingerprint density at radius 1 is 1.42 bits per heavy atom. The fourth-order valence-electron chi connectivity index (χ4n) is 2.63. The van der Waals surface area contributed by atoms with Crippen molar-refractivity contribution < 1.29 is 9.18 Å². The van der Waals surface area contributed by atoms with Crippen LogP contribution in [0.2, 0.25) is 0 Å². The van der Waals surface area contributed by atoms with Crippen LogP contribution in [0.3, 0.4) is 0 Å². The lowest BCUT2D eigenvalue weighted by molar-refractivity contribution is -0.119. The molecule has 0 spiro atoms. The Hall–Kier alpha value is -1.43. The summed E-state index contributed by atoms with van der Waals surface area (Å²) in [5.41, 5.74) is 10.6. The van der Waals surface area contributed by atoms with E-state index in [-0.39, 0.29) is 23.1 Å². The molecule has 19 heavy (non-hydrogen) atoms. The largest absolute Gasteiger partial charge is 0.370 e. The van der Waals surface area contributed by atoms with Gasteiger partial charge in [0.2, 0.25) is 0 Å². The summed E-state index contributed by atoms with van der Waals surface area (Å²) >= 11 is 3.31. The van der Waals surface area contributed by atoms with E-state index in [9.17, 15) is 9.18 Å². The number of carbonyl (C=O) groups excluding carboxylic acids is 1. The lowest BCUT2D eigenvalue weighted by Crippen LogP contribution is -2.25. The van der Waals surface area contributed by atoms with Gasteiger partial charge in [0, 0.05) is 10.4 Å². The van der Waals surface area contributed by atoms with E-state index in [4.69, 9.17) is 11.5 Å². The highest BCUT2D eigenvalue weighted by atomic mass is 79.9. The van der Waals surface area contributed by atoms with Crippen LogP contribution in [0.15, 0.2) is 27.7 Å². The molecule has 0 heterocycles. The summed E-state index contributed by atoms with van der Waals surface area (Å²) in [5.74, 6) is -1.57. The Bertz CT molecular complexity index is 567. The van der Waals surface area contributed by atoms with E-state index in [1.807, 2.05) is 13.8 Å². The van der Waals surface area contributed by atoms with Gasteiger partial charge in [-0.05, 0) is 29.2 Å². The molecule has 1 aliphatic carbocycles. The van der Waals surface area contributed by atoms with Gasteiger partial charge in [0.05, 0.1) is 5.92 Å². The van der Waals surface area contributed by atoms with E-state index in [0.29, 0.717) is 5.56 Å². The summed E-state index contributed by atoms with van der Waals surface area (Å²) in [7, 11) is 0. The first-order valence-electron chi connectivity index (χ1n) is 5.83. The third-order valence-corrected chi connectivity index (χ3v) is 4.12. The zero-order chi connectivity index (χ0) is 14.4. The summed E-state index contributed by atoms with van der Waals surface area (Å²) in [6.45, 7) is 3.81. The van der Waals surface area contributed by atoms with E-state index >= 15 is 0 Å². The Labute approximate surface area is 119 Å². The smallest absolute Gasteiger partial charge is 0.253 e. The number of rotatable bonds is 2. The van der Waals surface area contributed by atoms with Crippen LogP contribution in [0.1, 0.15) is 25.3 Å². The van der Waals surface area contributed by atoms with Gasteiger partial charge in [-0.25, -0.2) is 4.39 Å². The standard InChI is InChI=1S/C13H15BrFN3O/c1-13(2)9(10(13)11(19)18-12(16)17)7-5-6(14)3-4-8(7)15/h3-5,9-10H,1-2H3,(H4,16,17,18,19). The molecule has 6 heteroatoms. The normalized spacial score (nSPS) is 23.8. The minimum Gasteiger partial charge on any atom is -0.370 e. The maximum atomic E-state index is 13.9. The third kappa shape index (κ3) is 2.49. The zero-order valence-electron chi connectivity index (χ0n) is 10.7. The molecule has 2 unspecified atom stereocenters. The SMILES string of the molecule is CC1(C)C(C(=O)N=C(N)N)C1c1cc(Br)ccc1F. The van der Waals surface area contributed by atoms with Gasteiger partial charge in [-0.15, -0.1) is 0 Å². The number of nitrogens with two attached hydrogens (primary N) is 2. The number of hydrogen-bond donors (Lipinski definition) is 2. The Morgan fingerprint density at radius 3 is 2.63 bits per heavy atom. The lowest BCUT2D eigenvalue weighted by Gasteiger charge is -2.05. The molecule has 1 fully saturated rings.